The minimum Gasteiger partial charge on any atom is -0.469 e. The van der Waals surface area contributed by atoms with Gasteiger partial charge in [0.15, 0.2) is 0 Å². The summed E-state index contributed by atoms with van der Waals surface area (Å²) < 4.78 is 4.79. The van der Waals surface area contributed by atoms with Gasteiger partial charge in [-0.05, 0) is 24.7 Å². The molecule has 2 rings (SSSR count). The smallest absolute Gasteiger partial charge is 0.308 e. The molecule has 0 aromatic heterocycles. The van der Waals surface area contributed by atoms with Crippen LogP contribution in [0.15, 0.2) is 0 Å². The topological polar surface area (TPSA) is 46.6 Å². The standard InChI is InChI=1S/C17H29NO3/c1-13(14-6-4-3-5-7-14)12-16(19)18-10-8-15(9-11-18)17(20)21-2/h13-15H,3-12H2,1-2H3/t13-/m0/s1. The number of carbonyl (C=O) groups is 2. The second-order valence-electron chi connectivity index (χ2n) is 6.76. The molecule has 2 fully saturated rings. The number of amides is 1. The third-order valence-electron chi connectivity index (χ3n) is 5.33. The first-order valence-electron chi connectivity index (χ1n) is 8.47. The van der Waals surface area contributed by atoms with Gasteiger partial charge in [0.1, 0.15) is 0 Å². The number of esters is 1. The van der Waals surface area contributed by atoms with Crippen LogP contribution in [0.25, 0.3) is 0 Å². The van der Waals surface area contributed by atoms with E-state index in [1.54, 1.807) is 0 Å². The summed E-state index contributed by atoms with van der Waals surface area (Å²) in [4.78, 5) is 25.9. The van der Waals surface area contributed by atoms with Gasteiger partial charge in [0.25, 0.3) is 0 Å². The highest BCUT2D eigenvalue weighted by molar-refractivity contribution is 5.77. The van der Waals surface area contributed by atoms with Crippen LogP contribution in [-0.2, 0) is 14.3 Å². The van der Waals surface area contributed by atoms with E-state index in [0.29, 0.717) is 25.4 Å². The van der Waals surface area contributed by atoms with E-state index in [0.717, 1.165) is 18.8 Å². The minimum absolute atomic E-state index is 0.0187. The summed E-state index contributed by atoms with van der Waals surface area (Å²) in [6.45, 7) is 3.64. The zero-order chi connectivity index (χ0) is 15.2. The Bertz CT molecular complexity index is 355. The van der Waals surface area contributed by atoms with E-state index in [4.69, 9.17) is 4.74 Å². The molecule has 2 aliphatic rings. The number of hydrogen-bond donors (Lipinski definition) is 0. The largest absolute Gasteiger partial charge is 0.469 e. The van der Waals surface area contributed by atoms with Crippen LogP contribution in [0.1, 0.15) is 58.3 Å². The van der Waals surface area contributed by atoms with Gasteiger partial charge in [-0.1, -0.05) is 39.0 Å². The van der Waals surface area contributed by atoms with Crippen LogP contribution in [0.5, 0.6) is 0 Å². The average molecular weight is 295 g/mol. The Morgan fingerprint density at radius 3 is 2.29 bits per heavy atom. The number of nitrogens with zero attached hydrogens (tertiary/aromatic N) is 1. The predicted octanol–water partition coefficient (Wildman–Crippen LogP) is 3.00. The maximum atomic E-state index is 12.4. The van der Waals surface area contributed by atoms with Crippen LogP contribution in [0.2, 0.25) is 0 Å². The van der Waals surface area contributed by atoms with Gasteiger partial charge in [-0.15, -0.1) is 0 Å². The fourth-order valence-electron chi connectivity index (χ4n) is 3.81. The fourth-order valence-corrected chi connectivity index (χ4v) is 3.81. The van der Waals surface area contributed by atoms with Gasteiger partial charge < -0.3 is 9.64 Å². The predicted molar refractivity (Wildman–Crippen MR) is 81.7 cm³/mol. The lowest BCUT2D eigenvalue weighted by Gasteiger charge is -2.33. The normalized spacial score (nSPS) is 22.9. The van der Waals surface area contributed by atoms with Crippen molar-refractivity contribution in [1.82, 2.24) is 4.90 Å². The number of ether oxygens (including phenoxy) is 1. The Morgan fingerprint density at radius 2 is 1.71 bits per heavy atom. The lowest BCUT2D eigenvalue weighted by atomic mass is 9.79. The van der Waals surface area contributed by atoms with Crippen molar-refractivity contribution in [3.05, 3.63) is 0 Å². The Morgan fingerprint density at radius 1 is 1.10 bits per heavy atom. The van der Waals surface area contributed by atoms with Crippen molar-refractivity contribution in [1.29, 1.82) is 0 Å². The number of carbonyl (C=O) groups excluding carboxylic acids is 2. The molecule has 0 spiro atoms. The molecule has 0 aromatic rings. The lowest BCUT2D eigenvalue weighted by Crippen LogP contribution is -2.41. The first-order valence-corrected chi connectivity index (χ1v) is 8.47. The number of methoxy groups -OCH3 is 1. The van der Waals surface area contributed by atoms with Gasteiger partial charge in [-0.2, -0.15) is 0 Å². The van der Waals surface area contributed by atoms with Crippen molar-refractivity contribution < 1.29 is 14.3 Å². The Balaban J connectivity index is 1.75. The van der Waals surface area contributed by atoms with Crippen LogP contribution >= 0.6 is 0 Å². The van der Waals surface area contributed by atoms with E-state index in [1.165, 1.54) is 39.2 Å². The highest BCUT2D eigenvalue weighted by Crippen LogP contribution is 2.32. The Kier molecular flexibility index (Phi) is 6.07. The molecule has 0 unspecified atom stereocenters. The van der Waals surface area contributed by atoms with Crippen LogP contribution < -0.4 is 0 Å². The lowest BCUT2D eigenvalue weighted by molar-refractivity contribution is -0.149. The molecule has 4 heteroatoms. The molecular weight excluding hydrogens is 266 g/mol. The Labute approximate surface area is 128 Å². The average Bonchev–Trinajstić information content (AvgIpc) is 2.55. The molecule has 0 radical (unpaired) electrons. The second-order valence-corrected chi connectivity index (χ2v) is 6.76. The van der Waals surface area contributed by atoms with Crippen LogP contribution in [0.4, 0.5) is 0 Å². The third kappa shape index (κ3) is 4.45. The molecule has 1 aliphatic heterocycles. The summed E-state index contributed by atoms with van der Waals surface area (Å²) in [5.74, 6) is 1.36. The molecule has 1 amide bonds. The molecular formula is C17H29NO3. The zero-order valence-corrected chi connectivity index (χ0v) is 13.5. The van der Waals surface area contributed by atoms with E-state index in [1.807, 2.05) is 4.90 Å². The van der Waals surface area contributed by atoms with Crippen molar-refractivity contribution in [3.63, 3.8) is 0 Å². The van der Waals surface area contributed by atoms with E-state index in [9.17, 15) is 9.59 Å². The summed E-state index contributed by atoms with van der Waals surface area (Å²) in [6.07, 6.45) is 8.76. The SMILES string of the molecule is COC(=O)C1CCN(C(=O)C[C@H](C)C2CCCCC2)CC1. The quantitative estimate of drug-likeness (QED) is 0.749. The molecule has 0 bridgehead atoms. The van der Waals surface area contributed by atoms with Crippen LogP contribution in [-0.4, -0.2) is 37.0 Å². The maximum Gasteiger partial charge on any atom is 0.308 e. The van der Waals surface area contributed by atoms with E-state index >= 15 is 0 Å². The summed E-state index contributed by atoms with van der Waals surface area (Å²) in [5.41, 5.74) is 0. The molecule has 120 valence electrons. The third-order valence-corrected chi connectivity index (χ3v) is 5.33. The van der Waals surface area contributed by atoms with Gasteiger partial charge in [-0.3, -0.25) is 9.59 Å². The van der Waals surface area contributed by atoms with Crippen molar-refractivity contribution >= 4 is 11.9 Å². The highest BCUT2D eigenvalue weighted by atomic mass is 16.5. The van der Waals surface area contributed by atoms with Gasteiger partial charge in [0.2, 0.25) is 5.91 Å². The van der Waals surface area contributed by atoms with Gasteiger partial charge >= 0.3 is 5.97 Å². The molecule has 21 heavy (non-hydrogen) atoms. The second kappa shape index (κ2) is 7.81. The van der Waals surface area contributed by atoms with E-state index in [-0.39, 0.29) is 17.8 Å². The first-order chi connectivity index (χ1) is 10.1. The van der Waals surface area contributed by atoms with E-state index in [2.05, 4.69) is 6.92 Å². The van der Waals surface area contributed by atoms with Crippen molar-refractivity contribution in [2.24, 2.45) is 17.8 Å². The molecule has 1 atom stereocenters. The van der Waals surface area contributed by atoms with E-state index < -0.39 is 0 Å². The highest BCUT2D eigenvalue weighted by Gasteiger charge is 2.29. The number of hydrogen-bond acceptors (Lipinski definition) is 3. The van der Waals surface area contributed by atoms with Crippen LogP contribution in [0, 0.1) is 17.8 Å². The summed E-state index contributed by atoms with van der Waals surface area (Å²) >= 11 is 0. The number of likely N-dealkylation sites (tertiary alicyclic amines) is 1. The van der Waals surface area contributed by atoms with Crippen molar-refractivity contribution in [2.45, 2.75) is 58.3 Å². The van der Waals surface area contributed by atoms with Crippen LogP contribution in [0.3, 0.4) is 0 Å². The minimum atomic E-state index is -0.127. The number of piperidine rings is 1. The van der Waals surface area contributed by atoms with Gasteiger partial charge in [0, 0.05) is 19.5 Å². The molecule has 1 aliphatic carbocycles. The Hall–Kier alpha value is -1.06. The van der Waals surface area contributed by atoms with Crippen molar-refractivity contribution in [3.8, 4) is 0 Å². The maximum absolute atomic E-state index is 12.4. The summed E-state index contributed by atoms with van der Waals surface area (Å²) in [5, 5.41) is 0. The fraction of sp³-hybridized carbons (Fsp3) is 0.882. The molecule has 0 aromatic carbocycles. The molecule has 4 nitrogen and oxygen atoms in total. The molecule has 1 saturated carbocycles. The van der Waals surface area contributed by atoms with Crippen molar-refractivity contribution in [2.75, 3.05) is 20.2 Å². The zero-order valence-electron chi connectivity index (χ0n) is 13.5. The summed E-state index contributed by atoms with van der Waals surface area (Å²) in [6, 6.07) is 0. The summed E-state index contributed by atoms with van der Waals surface area (Å²) in [7, 11) is 1.44. The molecule has 0 N–H and O–H groups in total. The molecule has 1 saturated heterocycles. The van der Waals surface area contributed by atoms with Gasteiger partial charge in [0.05, 0.1) is 13.0 Å². The number of rotatable bonds is 4. The van der Waals surface area contributed by atoms with Gasteiger partial charge in [-0.25, -0.2) is 0 Å². The molecule has 1 heterocycles. The first kappa shape index (κ1) is 16.3. The monoisotopic (exact) mass is 295 g/mol.